The Kier molecular flexibility index (Phi) is 3.43. The van der Waals surface area contributed by atoms with Crippen LogP contribution in [0, 0.1) is 0 Å². The Morgan fingerprint density at radius 2 is 2.00 bits per heavy atom. The first kappa shape index (κ1) is 15.1. The van der Waals surface area contributed by atoms with Crippen molar-refractivity contribution >= 4 is 5.91 Å². The van der Waals surface area contributed by atoms with Gasteiger partial charge in [0.2, 0.25) is 5.91 Å². The van der Waals surface area contributed by atoms with E-state index in [0.717, 1.165) is 32.6 Å². The smallest absolute Gasteiger partial charge is 0.226 e. The maximum Gasteiger partial charge on any atom is 0.226 e. The van der Waals surface area contributed by atoms with Gasteiger partial charge in [-0.25, -0.2) is 0 Å². The number of rotatable bonds is 4. The van der Waals surface area contributed by atoms with E-state index >= 15 is 0 Å². The third-order valence-corrected chi connectivity index (χ3v) is 5.89. The predicted octanol–water partition coefficient (Wildman–Crippen LogP) is 1.46. The topological polar surface area (TPSA) is 50.6 Å². The highest BCUT2D eigenvalue weighted by Gasteiger charge is 2.61. The number of ether oxygens (including phenoxy) is 1. The van der Waals surface area contributed by atoms with E-state index in [4.69, 9.17) is 4.74 Å². The number of hydrogen-bond acceptors (Lipinski definition) is 4. The Bertz CT molecular complexity index is 790. The van der Waals surface area contributed by atoms with Crippen molar-refractivity contribution < 1.29 is 9.53 Å². The standard InChI is InChI=1S/C19H22N4O2/c24-18-12-17-19(23(18)10-11-25-19)6-9-21(17)13-15-4-1-2-5-16(15)14-22-8-3-7-20-22/h1-5,7-8,17H,6,9-14H2/t17-,19+/m1/s1. The number of carbonyl (C=O) groups excluding carboxylic acids is 1. The Morgan fingerprint density at radius 1 is 1.16 bits per heavy atom. The average molecular weight is 338 g/mol. The molecule has 5 rings (SSSR count). The van der Waals surface area contributed by atoms with Crippen LogP contribution in [0.15, 0.2) is 42.7 Å². The molecule has 2 atom stereocenters. The first-order valence-electron chi connectivity index (χ1n) is 8.99. The fourth-order valence-corrected chi connectivity index (χ4v) is 4.72. The van der Waals surface area contributed by atoms with Crippen LogP contribution in [0.2, 0.25) is 0 Å². The van der Waals surface area contributed by atoms with Crippen molar-refractivity contribution in [2.75, 3.05) is 19.7 Å². The second kappa shape index (κ2) is 5.68. The molecule has 6 nitrogen and oxygen atoms in total. The largest absolute Gasteiger partial charge is 0.352 e. The monoisotopic (exact) mass is 338 g/mol. The lowest BCUT2D eigenvalue weighted by atomic mass is 10.0. The van der Waals surface area contributed by atoms with Crippen LogP contribution >= 0.6 is 0 Å². The lowest BCUT2D eigenvalue weighted by molar-refractivity contribution is -0.136. The number of benzene rings is 1. The molecule has 1 aromatic carbocycles. The van der Waals surface area contributed by atoms with Crippen LogP contribution in [-0.2, 0) is 22.6 Å². The first-order valence-corrected chi connectivity index (χ1v) is 8.99. The highest BCUT2D eigenvalue weighted by Crippen LogP contribution is 2.46. The van der Waals surface area contributed by atoms with Crippen molar-refractivity contribution in [1.29, 1.82) is 0 Å². The van der Waals surface area contributed by atoms with E-state index in [2.05, 4.69) is 34.3 Å². The molecule has 3 aliphatic rings. The molecule has 0 N–H and O–H groups in total. The number of likely N-dealkylation sites (tertiary alicyclic amines) is 1. The highest BCUT2D eigenvalue weighted by atomic mass is 16.5. The molecular formula is C19H22N4O2. The number of hydrogen-bond donors (Lipinski definition) is 0. The highest BCUT2D eigenvalue weighted by molar-refractivity contribution is 5.81. The van der Waals surface area contributed by atoms with E-state index in [-0.39, 0.29) is 17.7 Å². The Balaban J connectivity index is 1.39. The van der Waals surface area contributed by atoms with Gasteiger partial charge in [0, 0.05) is 44.9 Å². The summed E-state index contributed by atoms with van der Waals surface area (Å²) in [4.78, 5) is 16.8. The summed E-state index contributed by atoms with van der Waals surface area (Å²) in [5, 5.41) is 4.32. The fraction of sp³-hybridized carbons (Fsp3) is 0.474. The Morgan fingerprint density at radius 3 is 2.80 bits per heavy atom. The minimum absolute atomic E-state index is 0.181. The van der Waals surface area contributed by atoms with Gasteiger partial charge in [-0.1, -0.05) is 24.3 Å². The Labute approximate surface area is 147 Å². The second-order valence-corrected chi connectivity index (χ2v) is 7.15. The molecule has 3 fully saturated rings. The summed E-state index contributed by atoms with van der Waals surface area (Å²) in [7, 11) is 0. The quantitative estimate of drug-likeness (QED) is 0.847. The number of amides is 1. The van der Waals surface area contributed by atoms with Crippen molar-refractivity contribution in [3.63, 3.8) is 0 Å². The zero-order chi connectivity index (χ0) is 16.9. The summed E-state index contributed by atoms with van der Waals surface area (Å²) >= 11 is 0. The summed E-state index contributed by atoms with van der Waals surface area (Å²) in [6.07, 6.45) is 5.30. The van der Waals surface area contributed by atoms with E-state index in [0.29, 0.717) is 13.0 Å². The molecule has 3 saturated heterocycles. The van der Waals surface area contributed by atoms with Gasteiger partial charge in [-0.05, 0) is 17.2 Å². The van der Waals surface area contributed by atoms with Gasteiger partial charge < -0.3 is 9.64 Å². The number of carbonyl (C=O) groups is 1. The number of nitrogens with zero attached hydrogens (tertiary/aromatic N) is 4. The molecule has 1 spiro atoms. The molecule has 0 unspecified atom stereocenters. The zero-order valence-corrected chi connectivity index (χ0v) is 14.2. The van der Waals surface area contributed by atoms with Gasteiger partial charge in [-0.15, -0.1) is 0 Å². The maximum atomic E-state index is 12.3. The molecular weight excluding hydrogens is 316 g/mol. The molecule has 0 bridgehead atoms. The molecule has 0 aliphatic carbocycles. The van der Waals surface area contributed by atoms with Crippen molar-refractivity contribution in [1.82, 2.24) is 19.6 Å². The second-order valence-electron chi connectivity index (χ2n) is 7.15. The minimum Gasteiger partial charge on any atom is -0.352 e. The predicted molar refractivity (Wildman–Crippen MR) is 91.6 cm³/mol. The lowest BCUT2D eigenvalue weighted by Gasteiger charge is -2.32. The summed E-state index contributed by atoms with van der Waals surface area (Å²) in [5.74, 6) is 0.247. The van der Waals surface area contributed by atoms with Gasteiger partial charge in [0.25, 0.3) is 0 Å². The van der Waals surface area contributed by atoms with Gasteiger partial charge in [-0.3, -0.25) is 14.4 Å². The van der Waals surface area contributed by atoms with E-state index in [1.54, 1.807) is 0 Å². The van der Waals surface area contributed by atoms with Crippen molar-refractivity contribution in [2.24, 2.45) is 0 Å². The molecule has 1 aromatic heterocycles. The molecule has 3 aliphatic heterocycles. The van der Waals surface area contributed by atoms with E-state index in [1.165, 1.54) is 11.1 Å². The van der Waals surface area contributed by atoms with Crippen LogP contribution in [0.5, 0.6) is 0 Å². The molecule has 1 amide bonds. The van der Waals surface area contributed by atoms with Crippen LogP contribution < -0.4 is 0 Å². The first-order chi connectivity index (χ1) is 12.3. The maximum absolute atomic E-state index is 12.3. The zero-order valence-electron chi connectivity index (χ0n) is 14.2. The summed E-state index contributed by atoms with van der Waals surface area (Å²) in [5.41, 5.74) is 2.23. The average Bonchev–Trinajstić information content (AvgIpc) is 3.36. The molecule has 6 heteroatoms. The van der Waals surface area contributed by atoms with E-state index < -0.39 is 0 Å². The molecule has 4 heterocycles. The van der Waals surface area contributed by atoms with Crippen LogP contribution in [0.25, 0.3) is 0 Å². The lowest BCUT2D eigenvalue weighted by Crippen LogP contribution is -2.47. The summed E-state index contributed by atoms with van der Waals surface area (Å²) in [6, 6.07) is 10.7. The van der Waals surface area contributed by atoms with Crippen LogP contribution in [0.1, 0.15) is 24.0 Å². The molecule has 0 saturated carbocycles. The third-order valence-electron chi connectivity index (χ3n) is 5.89. The van der Waals surface area contributed by atoms with E-state index in [1.807, 2.05) is 28.0 Å². The van der Waals surface area contributed by atoms with Gasteiger partial charge in [0.1, 0.15) is 0 Å². The van der Waals surface area contributed by atoms with E-state index in [9.17, 15) is 4.79 Å². The number of aromatic nitrogens is 2. The SMILES string of the molecule is O=C1C[C@H]2N(Cc3ccccc3Cn3cccn3)CC[C@]23OCCN13. The molecule has 0 radical (unpaired) electrons. The fourth-order valence-electron chi connectivity index (χ4n) is 4.72. The molecule has 25 heavy (non-hydrogen) atoms. The third kappa shape index (κ3) is 2.32. The molecule has 130 valence electrons. The summed E-state index contributed by atoms with van der Waals surface area (Å²) in [6.45, 7) is 4.03. The van der Waals surface area contributed by atoms with Gasteiger partial charge >= 0.3 is 0 Å². The van der Waals surface area contributed by atoms with Gasteiger partial charge in [0.15, 0.2) is 5.72 Å². The van der Waals surface area contributed by atoms with Crippen molar-refractivity contribution in [3.05, 3.63) is 53.9 Å². The minimum atomic E-state index is -0.353. The molecule has 2 aromatic rings. The Hall–Kier alpha value is -2.18. The van der Waals surface area contributed by atoms with Crippen molar-refractivity contribution in [2.45, 2.75) is 37.7 Å². The summed E-state index contributed by atoms with van der Waals surface area (Å²) < 4.78 is 8.04. The van der Waals surface area contributed by atoms with Gasteiger partial charge in [0.05, 0.1) is 19.2 Å². The normalized spacial score (nSPS) is 28.6. The van der Waals surface area contributed by atoms with Crippen molar-refractivity contribution in [3.8, 4) is 0 Å². The van der Waals surface area contributed by atoms with Gasteiger partial charge in [-0.2, -0.15) is 5.10 Å². The van der Waals surface area contributed by atoms with Crippen LogP contribution in [0.4, 0.5) is 0 Å². The van der Waals surface area contributed by atoms with Crippen LogP contribution in [-0.4, -0.2) is 57.0 Å². The van der Waals surface area contributed by atoms with Crippen LogP contribution in [0.3, 0.4) is 0 Å².